The molecule has 0 spiro atoms. The summed E-state index contributed by atoms with van der Waals surface area (Å²) >= 11 is 0. The fraction of sp³-hybridized carbons (Fsp3) is 0.391. The number of aliphatic hydroxyl groups is 1. The Morgan fingerprint density at radius 2 is 2.09 bits per heavy atom. The second-order valence-electron chi connectivity index (χ2n) is 8.70. The smallest absolute Gasteiger partial charge is 0.257 e. The SMILES string of the molecule is CNc1cc(-c2cn([C@H]3COC[C@H]3F)c3ncccc23)nc2c(C(=O)N[C@@H]3COC[C@@H]3O)cnn12. The molecule has 6 rings (SSSR count). The van der Waals surface area contributed by atoms with Gasteiger partial charge in [0.05, 0.1) is 56.5 Å². The predicted octanol–water partition coefficient (Wildman–Crippen LogP) is 1.19. The van der Waals surface area contributed by atoms with E-state index >= 15 is 0 Å². The number of ether oxygens (including phenoxy) is 2. The summed E-state index contributed by atoms with van der Waals surface area (Å²) < 4.78 is 28.5. The average molecular weight is 481 g/mol. The van der Waals surface area contributed by atoms with Crippen LogP contribution in [0.1, 0.15) is 16.4 Å². The standard InChI is InChI=1S/C23H24FN7O4/c1-25-20-5-16(14-7-30(18-10-34-8-15(18)24)21-12(14)3-2-4-26-21)28-22-13(6-27-31(20)22)23(33)29-17-9-35-11-19(17)32/h2-7,15,17-19,25,32H,8-11H2,1H3,(H,29,33)/t15-,17-,18+,19+/m1/s1. The van der Waals surface area contributed by atoms with Crippen LogP contribution in [-0.2, 0) is 9.47 Å². The number of hydrogen-bond donors (Lipinski definition) is 3. The molecule has 2 fully saturated rings. The molecule has 0 aromatic carbocycles. The number of carbonyl (C=O) groups is 1. The maximum absolute atomic E-state index is 14.6. The molecule has 2 aliphatic rings. The number of halogens is 1. The number of pyridine rings is 1. The molecule has 12 heteroatoms. The molecule has 4 aromatic rings. The Bertz CT molecular complexity index is 1420. The highest BCUT2D eigenvalue weighted by molar-refractivity contribution is 6.01. The summed E-state index contributed by atoms with van der Waals surface area (Å²) in [6.07, 6.45) is 3.05. The van der Waals surface area contributed by atoms with Crippen LogP contribution >= 0.6 is 0 Å². The molecule has 0 aliphatic carbocycles. The number of aromatic nitrogens is 5. The van der Waals surface area contributed by atoms with Crippen LogP contribution in [-0.4, -0.2) is 87.0 Å². The Morgan fingerprint density at radius 1 is 1.23 bits per heavy atom. The molecule has 3 N–H and O–H groups in total. The first-order chi connectivity index (χ1) is 17.0. The van der Waals surface area contributed by atoms with Crippen molar-refractivity contribution in [2.75, 3.05) is 38.8 Å². The Labute approximate surface area is 198 Å². The second-order valence-corrected chi connectivity index (χ2v) is 8.70. The van der Waals surface area contributed by atoms with Crippen molar-refractivity contribution in [1.82, 2.24) is 29.5 Å². The number of carbonyl (C=O) groups excluding carboxylic acids is 1. The molecular formula is C23H24FN7O4. The molecule has 182 valence electrons. The molecule has 6 heterocycles. The number of aliphatic hydroxyl groups excluding tert-OH is 1. The lowest BCUT2D eigenvalue weighted by molar-refractivity contribution is 0.0888. The number of fused-ring (bicyclic) bond motifs is 2. The summed E-state index contributed by atoms with van der Waals surface area (Å²) in [4.78, 5) is 22.3. The van der Waals surface area contributed by atoms with Crippen LogP contribution in [0.5, 0.6) is 0 Å². The number of alkyl halides is 1. The molecule has 0 unspecified atom stereocenters. The van der Waals surface area contributed by atoms with Gasteiger partial charge in [-0.05, 0) is 12.1 Å². The van der Waals surface area contributed by atoms with E-state index in [1.54, 1.807) is 22.3 Å². The molecule has 2 aliphatic heterocycles. The number of rotatable bonds is 5. The van der Waals surface area contributed by atoms with Crippen LogP contribution in [0.4, 0.5) is 10.2 Å². The average Bonchev–Trinajstić information content (AvgIpc) is 3.65. The zero-order valence-corrected chi connectivity index (χ0v) is 18.9. The maximum Gasteiger partial charge on any atom is 0.257 e. The van der Waals surface area contributed by atoms with E-state index in [2.05, 4.69) is 20.7 Å². The molecule has 2 saturated heterocycles. The Balaban J connectivity index is 1.47. The van der Waals surface area contributed by atoms with Crippen molar-refractivity contribution in [2.24, 2.45) is 0 Å². The highest BCUT2D eigenvalue weighted by Gasteiger charge is 2.32. The largest absolute Gasteiger partial charge is 0.388 e. The lowest BCUT2D eigenvalue weighted by Gasteiger charge is -2.14. The first-order valence-corrected chi connectivity index (χ1v) is 11.4. The molecule has 0 saturated carbocycles. The summed E-state index contributed by atoms with van der Waals surface area (Å²) in [5.41, 5.74) is 2.56. The third-order valence-electron chi connectivity index (χ3n) is 6.55. The fourth-order valence-corrected chi connectivity index (χ4v) is 4.68. The summed E-state index contributed by atoms with van der Waals surface area (Å²) in [5.74, 6) is 0.208. The molecule has 0 radical (unpaired) electrons. The normalized spacial score (nSPS) is 24.4. The predicted molar refractivity (Wildman–Crippen MR) is 124 cm³/mol. The van der Waals surface area contributed by atoms with Gasteiger partial charge in [-0.25, -0.2) is 14.4 Å². The van der Waals surface area contributed by atoms with E-state index in [0.29, 0.717) is 22.8 Å². The van der Waals surface area contributed by atoms with E-state index in [0.717, 1.165) is 10.9 Å². The van der Waals surface area contributed by atoms with Gasteiger partial charge in [-0.2, -0.15) is 9.61 Å². The Hall–Kier alpha value is -3.61. The van der Waals surface area contributed by atoms with Gasteiger partial charge < -0.3 is 29.8 Å². The van der Waals surface area contributed by atoms with E-state index in [9.17, 15) is 14.3 Å². The van der Waals surface area contributed by atoms with Crippen LogP contribution in [0, 0.1) is 0 Å². The van der Waals surface area contributed by atoms with Crippen LogP contribution in [0.2, 0.25) is 0 Å². The molecule has 1 amide bonds. The van der Waals surface area contributed by atoms with Gasteiger partial charge >= 0.3 is 0 Å². The van der Waals surface area contributed by atoms with Gasteiger partial charge in [0.15, 0.2) is 5.65 Å². The van der Waals surface area contributed by atoms with Crippen molar-refractivity contribution in [3.63, 3.8) is 0 Å². The Morgan fingerprint density at radius 3 is 2.83 bits per heavy atom. The minimum absolute atomic E-state index is 0.0512. The van der Waals surface area contributed by atoms with E-state index in [-0.39, 0.29) is 32.0 Å². The number of nitrogens with zero attached hydrogens (tertiary/aromatic N) is 5. The summed E-state index contributed by atoms with van der Waals surface area (Å²) in [5, 5.41) is 21.0. The van der Waals surface area contributed by atoms with Crippen molar-refractivity contribution < 1.29 is 23.8 Å². The van der Waals surface area contributed by atoms with Crippen LogP contribution in [0.3, 0.4) is 0 Å². The van der Waals surface area contributed by atoms with Gasteiger partial charge in [-0.1, -0.05) is 0 Å². The van der Waals surface area contributed by atoms with Crippen molar-refractivity contribution in [3.05, 3.63) is 42.4 Å². The maximum atomic E-state index is 14.6. The van der Waals surface area contributed by atoms with E-state index in [4.69, 9.17) is 14.5 Å². The van der Waals surface area contributed by atoms with Gasteiger partial charge in [0.2, 0.25) is 0 Å². The third kappa shape index (κ3) is 3.61. The minimum atomic E-state index is -1.14. The van der Waals surface area contributed by atoms with Gasteiger partial charge in [0.25, 0.3) is 5.91 Å². The molecule has 11 nitrogen and oxygen atoms in total. The van der Waals surface area contributed by atoms with Crippen LogP contribution in [0.25, 0.3) is 27.9 Å². The second kappa shape index (κ2) is 8.56. The number of amides is 1. The third-order valence-corrected chi connectivity index (χ3v) is 6.55. The molecule has 35 heavy (non-hydrogen) atoms. The molecule has 0 bridgehead atoms. The van der Waals surface area contributed by atoms with E-state index < -0.39 is 30.3 Å². The van der Waals surface area contributed by atoms with Crippen molar-refractivity contribution in [3.8, 4) is 11.3 Å². The van der Waals surface area contributed by atoms with Gasteiger partial charge in [0, 0.05) is 36.5 Å². The monoisotopic (exact) mass is 481 g/mol. The quantitative estimate of drug-likeness (QED) is 0.388. The number of hydrogen-bond acceptors (Lipinski definition) is 8. The highest BCUT2D eigenvalue weighted by Crippen LogP contribution is 2.35. The highest BCUT2D eigenvalue weighted by atomic mass is 19.1. The van der Waals surface area contributed by atoms with Crippen molar-refractivity contribution in [2.45, 2.75) is 24.4 Å². The lowest BCUT2D eigenvalue weighted by atomic mass is 10.1. The first kappa shape index (κ1) is 21.9. The van der Waals surface area contributed by atoms with Gasteiger partial charge in [-0.3, -0.25) is 4.79 Å². The zero-order valence-electron chi connectivity index (χ0n) is 18.9. The van der Waals surface area contributed by atoms with Crippen LogP contribution in [0.15, 0.2) is 36.8 Å². The van der Waals surface area contributed by atoms with Crippen molar-refractivity contribution in [1.29, 1.82) is 0 Å². The first-order valence-electron chi connectivity index (χ1n) is 11.4. The van der Waals surface area contributed by atoms with E-state index in [1.807, 2.05) is 24.4 Å². The van der Waals surface area contributed by atoms with Crippen LogP contribution < -0.4 is 10.6 Å². The summed E-state index contributed by atoms with van der Waals surface area (Å²) in [7, 11) is 1.75. The topological polar surface area (TPSA) is 128 Å². The minimum Gasteiger partial charge on any atom is -0.388 e. The van der Waals surface area contributed by atoms with Gasteiger partial charge in [0.1, 0.15) is 23.2 Å². The zero-order chi connectivity index (χ0) is 24.1. The number of anilines is 1. The Kier molecular flexibility index (Phi) is 5.35. The van der Waals surface area contributed by atoms with Gasteiger partial charge in [-0.15, -0.1) is 0 Å². The lowest BCUT2D eigenvalue weighted by Crippen LogP contribution is -2.42. The molecule has 4 aromatic heterocycles. The van der Waals surface area contributed by atoms with Crippen molar-refractivity contribution >= 4 is 28.4 Å². The fourth-order valence-electron chi connectivity index (χ4n) is 4.68. The summed E-state index contributed by atoms with van der Waals surface area (Å²) in [6.45, 7) is 0.726. The summed E-state index contributed by atoms with van der Waals surface area (Å²) in [6, 6.07) is 4.56. The number of nitrogens with one attached hydrogen (secondary N) is 2. The molecular weight excluding hydrogens is 457 g/mol. The molecule has 4 atom stereocenters. The van der Waals surface area contributed by atoms with E-state index in [1.165, 1.54) is 6.20 Å².